The molecule has 2 aromatic rings. The summed E-state index contributed by atoms with van der Waals surface area (Å²) in [6, 6.07) is 13.6. The molecule has 142 valence electrons. The zero-order valence-corrected chi connectivity index (χ0v) is 16.0. The fourth-order valence-corrected chi connectivity index (χ4v) is 3.26. The van der Waals surface area contributed by atoms with Gasteiger partial charge < -0.3 is 15.4 Å². The molecule has 0 bridgehead atoms. The Bertz CT molecular complexity index is 830. The van der Waals surface area contributed by atoms with Crippen LogP contribution in [-0.2, 0) is 22.6 Å². The van der Waals surface area contributed by atoms with Crippen molar-refractivity contribution < 1.29 is 14.3 Å². The minimum atomic E-state index is -0.245. The molecule has 5 heteroatoms. The molecule has 0 heterocycles. The summed E-state index contributed by atoms with van der Waals surface area (Å²) >= 11 is 0. The summed E-state index contributed by atoms with van der Waals surface area (Å²) in [5, 5.41) is 5.95. The SMILES string of the molecule is CCc1cccc(C)c1NC(=O)C1CC1C(=O)NCc1ccc(OC)cc1. The van der Waals surface area contributed by atoms with Gasteiger partial charge in [-0.3, -0.25) is 9.59 Å². The Hall–Kier alpha value is -2.82. The van der Waals surface area contributed by atoms with Crippen LogP contribution in [0.3, 0.4) is 0 Å². The van der Waals surface area contributed by atoms with E-state index in [4.69, 9.17) is 4.74 Å². The van der Waals surface area contributed by atoms with E-state index in [1.807, 2.05) is 49.4 Å². The van der Waals surface area contributed by atoms with Gasteiger partial charge in [0, 0.05) is 12.2 Å². The summed E-state index contributed by atoms with van der Waals surface area (Å²) < 4.78 is 5.13. The molecule has 2 amide bonds. The van der Waals surface area contributed by atoms with Gasteiger partial charge in [0.25, 0.3) is 0 Å². The van der Waals surface area contributed by atoms with Crippen molar-refractivity contribution in [3.8, 4) is 5.75 Å². The second-order valence-corrected chi connectivity index (χ2v) is 6.97. The van der Waals surface area contributed by atoms with Crippen molar-refractivity contribution >= 4 is 17.5 Å². The molecule has 0 radical (unpaired) electrons. The van der Waals surface area contributed by atoms with Crippen molar-refractivity contribution in [2.24, 2.45) is 11.8 Å². The molecule has 2 unspecified atom stereocenters. The van der Waals surface area contributed by atoms with Crippen LogP contribution >= 0.6 is 0 Å². The summed E-state index contributed by atoms with van der Waals surface area (Å²) in [6.07, 6.45) is 1.46. The highest BCUT2D eigenvalue weighted by Crippen LogP contribution is 2.40. The van der Waals surface area contributed by atoms with E-state index in [9.17, 15) is 9.59 Å². The maximum Gasteiger partial charge on any atom is 0.228 e. The van der Waals surface area contributed by atoms with Gasteiger partial charge in [0.2, 0.25) is 11.8 Å². The first-order chi connectivity index (χ1) is 13.0. The lowest BCUT2D eigenvalue weighted by Gasteiger charge is -2.13. The van der Waals surface area contributed by atoms with Crippen molar-refractivity contribution in [2.75, 3.05) is 12.4 Å². The van der Waals surface area contributed by atoms with Gasteiger partial charge in [0.15, 0.2) is 0 Å². The largest absolute Gasteiger partial charge is 0.497 e. The summed E-state index contributed by atoms with van der Waals surface area (Å²) in [5.41, 5.74) is 4.04. The molecule has 3 rings (SSSR count). The average Bonchev–Trinajstić information content (AvgIpc) is 3.49. The Kier molecular flexibility index (Phi) is 5.79. The topological polar surface area (TPSA) is 67.4 Å². The van der Waals surface area contributed by atoms with Crippen LogP contribution in [-0.4, -0.2) is 18.9 Å². The molecule has 1 saturated carbocycles. The van der Waals surface area contributed by atoms with Crippen LogP contribution in [0.4, 0.5) is 5.69 Å². The predicted octanol–water partition coefficient (Wildman–Crippen LogP) is 3.46. The van der Waals surface area contributed by atoms with E-state index in [2.05, 4.69) is 17.6 Å². The lowest BCUT2D eigenvalue weighted by Crippen LogP contribution is -2.27. The molecule has 5 nitrogen and oxygen atoms in total. The molecule has 2 N–H and O–H groups in total. The van der Waals surface area contributed by atoms with Gasteiger partial charge in [-0.25, -0.2) is 0 Å². The van der Waals surface area contributed by atoms with Crippen molar-refractivity contribution in [1.29, 1.82) is 0 Å². The third-order valence-corrected chi connectivity index (χ3v) is 5.08. The average molecular weight is 366 g/mol. The van der Waals surface area contributed by atoms with E-state index in [1.54, 1.807) is 7.11 Å². The predicted molar refractivity (Wildman–Crippen MR) is 106 cm³/mol. The molecular weight excluding hydrogens is 340 g/mol. The van der Waals surface area contributed by atoms with Gasteiger partial charge >= 0.3 is 0 Å². The van der Waals surface area contributed by atoms with E-state index >= 15 is 0 Å². The fraction of sp³-hybridized carbons (Fsp3) is 0.364. The molecule has 0 saturated heterocycles. The molecule has 0 aliphatic heterocycles. The zero-order chi connectivity index (χ0) is 19.4. The quantitative estimate of drug-likeness (QED) is 0.789. The molecule has 0 aromatic heterocycles. The van der Waals surface area contributed by atoms with E-state index in [-0.39, 0.29) is 23.7 Å². The minimum Gasteiger partial charge on any atom is -0.497 e. The number of hydrogen-bond donors (Lipinski definition) is 2. The Balaban J connectivity index is 1.52. The Morgan fingerprint density at radius 3 is 2.44 bits per heavy atom. The van der Waals surface area contributed by atoms with Gasteiger partial charge in [-0.15, -0.1) is 0 Å². The Morgan fingerprint density at radius 1 is 1.07 bits per heavy atom. The molecule has 1 aliphatic carbocycles. The number of amides is 2. The fourth-order valence-electron chi connectivity index (χ4n) is 3.26. The molecule has 1 fully saturated rings. The van der Waals surface area contributed by atoms with Gasteiger partial charge in [-0.1, -0.05) is 37.3 Å². The number of ether oxygens (including phenoxy) is 1. The number of methoxy groups -OCH3 is 1. The molecule has 27 heavy (non-hydrogen) atoms. The maximum atomic E-state index is 12.5. The second-order valence-electron chi connectivity index (χ2n) is 6.97. The van der Waals surface area contributed by atoms with Crippen LogP contribution in [0.1, 0.15) is 30.0 Å². The van der Waals surface area contributed by atoms with E-state index in [1.165, 1.54) is 0 Å². The normalized spacial score (nSPS) is 17.9. The number of anilines is 1. The zero-order valence-electron chi connectivity index (χ0n) is 16.0. The number of rotatable bonds is 7. The van der Waals surface area contributed by atoms with Crippen LogP contribution in [0.5, 0.6) is 5.75 Å². The van der Waals surface area contributed by atoms with Gasteiger partial charge in [-0.2, -0.15) is 0 Å². The number of hydrogen-bond acceptors (Lipinski definition) is 3. The summed E-state index contributed by atoms with van der Waals surface area (Å²) in [5.74, 6) is 0.171. The minimum absolute atomic E-state index is 0.0635. The standard InChI is InChI=1S/C22H26N2O3/c1-4-16-7-5-6-14(2)20(16)24-22(26)19-12-18(19)21(25)23-13-15-8-10-17(27-3)11-9-15/h5-11,18-19H,4,12-13H2,1-3H3,(H,23,25)(H,24,26). The van der Waals surface area contributed by atoms with Crippen LogP contribution in [0, 0.1) is 18.8 Å². The highest BCUT2D eigenvalue weighted by Gasteiger charge is 2.48. The van der Waals surface area contributed by atoms with Crippen molar-refractivity contribution in [3.05, 3.63) is 59.2 Å². The second kappa shape index (κ2) is 8.25. The third kappa shape index (κ3) is 4.48. The van der Waals surface area contributed by atoms with Crippen molar-refractivity contribution in [2.45, 2.75) is 33.2 Å². The molecule has 2 aromatic carbocycles. The number of para-hydroxylation sites is 1. The van der Waals surface area contributed by atoms with Crippen molar-refractivity contribution in [1.82, 2.24) is 5.32 Å². The first-order valence-corrected chi connectivity index (χ1v) is 9.33. The number of nitrogens with one attached hydrogen (secondary N) is 2. The Labute approximate surface area is 160 Å². The first kappa shape index (κ1) is 19.0. The smallest absolute Gasteiger partial charge is 0.228 e. The highest BCUT2D eigenvalue weighted by molar-refractivity contribution is 6.00. The van der Waals surface area contributed by atoms with Crippen LogP contribution in [0.25, 0.3) is 0 Å². The van der Waals surface area contributed by atoms with E-state index in [0.29, 0.717) is 13.0 Å². The van der Waals surface area contributed by atoms with Crippen molar-refractivity contribution in [3.63, 3.8) is 0 Å². The third-order valence-electron chi connectivity index (χ3n) is 5.08. The number of carbonyl (C=O) groups excluding carboxylic acids is 2. The molecule has 1 aliphatic rings. The lowest BCUT2D eigenvalue weighted by atomic mass is 10.1. The number of carbonyl (C=O) groups is 2. The van der Waals surface area contributed by atoms with Crippen LogP contribution in [0.15, 0.2) is 42.5 Å². The number of aryl methyl sites for hydroxylation is 2. The summed E-state index contributed by atoms with van der Waals surface area (Å²) in [4.78, 5) is 24.9. The van der Waals surface area contributed by atoms with Crippen LogP contribution < -0.4 is 15.4 Å². The van der Waals surface area contributed by atoms with Gasteiger partial charge in [-0.05, 0) is 48.6 Å². The maximum absolute atomic E-state index is 12.5. The molecular formula is C22H26N2O3. The lowest BCUT2D eigenvalue weighted by molar-refractivity contribution is -0.125. The summed E-state index contributed by atoms with van der Waals surface area (Å²) in [6.45, 7) is 4.50. The molecule has 0 spiro atoms. The first-order valence-electron chi connectivity index (χ1n) is 9.33. The molecule has 2 atom stereocenters. The number of benzene rings is 2. The monoisotopic (exact) mass is 366 g/mol. The van der Waals surface area contributed by atoms with Gasteiger partial charge in [0.1, 0.15) is 5.75 Å². The van der Waals surface area contributed by atoms with Gasteiger partial charge in [0.05, 0.1) is 18.9 Å². The summed E-state index contributed by atoms with van der Waals surface area (Å²) in [7, 11) is 1.62. The van der Waals surface area contributed by atoms with E-state index in [0.717, 1.165) is 34.5 Å². The highest BCUT2D eigenvalue weighted by atomic mass is 16.5. The Morgan fingerprint density at radius 2 is 1.78 bits per heavy atom. The van der Waals surface area contributed by atoms with Crippen LogP contribution in [0.2, 0.25) is 0 Å². The van der Waals surface area contributed by atoms with E-state index < -0.39 is 0 Å².